The van der Waals surface area contributed by atoms with Crippen LogP contribution < -0.4 is 9.64 Å². The number of ether oxygens (including phenoxy) is 1. The second-order valence-corrected chi connectivity index (χ2v) is 8.32. The minimum atomic E-state index is -3.30. The average Bonchev–Trinajstić information content (AvgIpc) is 3.06. The summed E-state index contributed by atoms with van der Waals surface area (Å²) >= 11 is 0. The summed E-state index contributed by atoms with van der Waals surface area (Å²) in [7, 11) is 0.0252. The van der Waals surface area contributed by atoms with Gasteiger partial charge in [-0.2, -0.15) is 0 Å². The Balaban J connectivity index is 2.03. The molecular formula is C16H22N2O4S. The van der Waals surface area contributed by atoms with Crippen LogP contribution in [-0.2, 0) is 20.2 Å². The fraction of sp³-hybridized carbons (Fsp3) is 0.562. The average molecular weight is 338 g/mol. The van der Waals surface area contributed by atoms with Gasteiger partial charge in [0.15, 0.2) is 0 Å². The molecule has 1 saturated heterocycles. The molecule has 1 fully saturated rings. The van der Waals surface area contributed by atoms with Crippen LogP contribution in [0.25, 0.3) is 0 Å². The first-order valence-corrected chi connectivity index (χ1v) is 9.41. The number of likely N-dealkylation sites (N-methyl/N-ethyl adjacent to an activating group) is 1. The molecule has 6 nitrogen and oxygen atoms in total. The normalized spacial score (nSPS) is 24.5. The lowest BCUT2D eigenvalue weighted by molar-refractivity contribution is -0.122. The van der Waals surface area contributed by atoms with Gasteiger partial charge in [0.05, 0.1) is 18.3 Å². The number of carbonyl (C=O) groups is 1. The zero-order valence-electron chi connectivity index (χ0n) is 13.7. The molecule has 0 unspecified atom stereocenters. The van der Waals surface area contributed by atoms with Crippen molar-refractivity contribution in [1.29, 1.82) is 0 Å². The first kappa shape index (κ1) is 16.3. The van der Waals surface area contributed by atoms with Crippen LogP contribution in [0.4, 0.5) is 5.69 Å². The molecule has 1 amide bonds. The molecule has 2 heterocycles. The Morgan fingerprint density at radius 1 is 1.35 bits per heavy atom. The lowest BCUT2D eigenvalue weighted by atomic mass is 9.81. The maximum atomic E-state index is 12.9. The Labute approximate surface area is 137 Å². The summed E-state index contributed by atoms with van der Waals surface area (Å²) in [5.74, 6) is 0.772. The van der Waals surface area contributed by atoms with E-state index in [-0.39, 0.29) is 18.2 Å². The molecule has 1 aromatic rings. The Morgan fingerprint density at radius 2 is 2.09 bits per heavy atom. The highest BCUT2D eigenvalue weighted by atomic mass is 32.2. The highest BCUT2D eigenvalue weighted by molar-refractivity contribution is 7.89. The molecule has 1 atom stereocenters. The third-order valence-electron chi connectivity index (χ3n) is 4.88. The molecule has 23 heavy (non-hydrogen) atoms. The van der Waals surface area contributed by atoms with Gasteiger partial charge in [-0.1, -0.05) is 6.92 Å². The van der Waals surface area contributed by atoms with E-state index in [0.717, 1.165) is 11.3 Å². The highest BCUT2D eigenvalue weighted by Gasteiger charge is 2.55. The van der Waals surface area contributed by atoms with Gasteiger partial charge in [-0.25, -0.2) is 12.7 Å². The number of sulfonamides is 1. The Kier molecular flexibility index (Phi) is 3.88. The van der Waals surface area contributed by atoms with Gasteiger partial charge in [0.1, 0.15) is 5.75 Å². The minimum Gasteiger partial charge on any atom is -0.497 e. The minimum absolute atomic E-state index is 0.0325. The van der Waals surface area contributed by atoms with Crippen molar-refractivity contribution in [3.63, 3.8) is 0 Å². The molecule has 3 rings (SSSR count). The van der Waals surface area contributed by atoms with Gasteiger partial charge in [0, 0.05) is 25.8 Å². The van der Waals surface area contributed by atoms with Crippen LogP contribution in [0.3, 0.4) is 0 Å². The zero-order valence-corrected chi connectivity index (χ0v) is 14.5. The van der Waals surface area contributed by atoms with Crippen molar-refractivity contribution in [2.45, 2.75) is 25.2 Å². The Hall–Kier alpha value is -1.60. The van der Waals surface area contributed by atoms with Gasteiger partial charge in [-0.15, -0.1) is 0 Å². The van der Waals surface area contributed by atoms with E-state index in [1.165, 1.54) is 4.31 Å². The van der Waals surface area contributed by atoms with E-state index in [4.69, 9.17) is 4.74 Å². The van der Waals surface area contributed by atoms with Crippen LogP contribution in [0.1, 0.15) is 25.3 Å². The van der Waals surface area contributed by atoms with Crippen molar-refractivity contribution in [1.82, 2.24) is 4.31 Å². The second-order valence-electron chi connectivity index (χ2n) is 6.23. The van der Waals surface area contributed by atoms with Crippen LogP contribution in [-0.4, -0.2) is 51.6 Å². The van der Waals surface area contributed by atoms with Crippen LogP contribution >= 0.6 is 0 Å². The number of fused-ring (bicyclic) bond motifs is 2. The summed E-state index contributed by atoms with van der Waals surface area (Å²) in [5.41, 5.74) is 0.934. The summed E-state index contributed by atoms with van der Waals surface area (Å²) in [6, 6.07) is 5.55. The molecule has 1 spiro atoms. The highest BCUT2D eigenvalue weighted by Crippen LogP contribution is 2.48. The van der Waals surface area contributed by atoms with Crippen LogP contribution in [0.2, 0.25) is 0 Å². The van der Waals surface area contributed by atoms with Crippen molar-refractivity contribution < 1.29 is 17.9 Å². The number of rotatable bonds is 4. The van der Waals surface area contributed by atoms with Crippen molar-refractivity contribution in [2.24, 2.45) is 0 Å². The van der Waals surface area contributed by atoms with E-state index >= 15 is 0 Å². The van der Waals surface area contributed by atoms with Gasteiger partial charge in [-0.05, 0) is 36.6 Å². The van der Waals surface area contributed by atoms with Crippen molar-refractivity contribution >= 4 is 21.6 Å². The number of hydrogen-bond donors (Lipinski definition) is 0. The smallest absolute Gasteiger partial charge is 0.238 e. The van der Waals surface area contributed by atoms with Crippen molar-refractivity contribution in [3.05, 3.63) is 23.8 Å². The lowest BCUT2D eigenvalue weighted by Gasteiger charge is -2.23. The lowest BCUT2D eigenvalue weighted by Crippen LogP contribution is -2.42. The number of hydrogen-bond acceptors (Lipinski definition) is 4. The van der Waals surface area contributed by atoms with Gasteiger partial charge in [0.25, 0.3) is 0 Å². The first-order chi connectivity index (χ1) is 10.9. The molecule has 7 heteroatoms. The predicted octanol–water partition coefficient (Wildman–Crippen LogP) is 1.35. The quantitative estimate of drug-likeness (QED) is 0.831. The van der Waals surface area contributed by atoms with Crippen LogP contribution in [0.15, 0.2) is 18.2 Å². The number of amides is 1. The standard InChI is InChI=1S/C16H22N2O4S/c1-4-9-23(20,21)18-8-7-16(11-18)13-10-12(22-3)5-6-14(13)17(2)15(16)19/h5-6,10H,4,7-9,11H2,1-3H3/t16-/m0/s1. The molecule has 0 aromatic heterocycles. The van der Waals surface area contributed by atoms with E-state index < -0.39 is 15.4 Å². The zero-order chi connectivity index (χ0) is 16.8. The fourth-order valence-corrected chi connectivity index (χ4v) is 5.22. The maximum absolute atomic E-state index is 12.9. The molecule has 1 aromatic carbocycles. The SMILES string of the molecule is CCCS(=O)(=O)N1CC[C@@]2(C1)C(=O)N(C)c1ccc(OC)cc12. The summed E-state index contributed by atoms with van der Waals surface area (Å²) in [6.45, 7) is 2.45. The number of carbonyl (C=O) groups excluding carboxylic acids is 1. The summed E-state index contributed by atoms with van der Waals surface area (Å²) in [4.78, 5) is 14.5. The van der Waals surface area contributed by atoms with Gasteiger partial charge in [-0.3, -0.25) is 4.79 Å². The van der Waals surface area contributed by atoms with E-state index in [2.05, 4.69) is 0 Å². The molecule has 126 valence electrons. The number of benzene rings is 1. The first-order valence-electron chi connectivity index (χ1n) is 7.80. The molecule has 0 N–H and O–H groups in total. The molecule has 0 radical (unpaired) electrons. The van der Waals surface area contributed by atoms with E-state index in [1.807, 2.05) is 25.1 Å². The van der Waals surface area contributed by atoms with Crippen LogP contribution in [0.5, 0.6) is 5.75 Å². The number of methoxy groups -OCH3 is 1. The van der Waals surface area contributed by atoms with E-state index in [9.17, 15) is 13.2 Å². The van der Waals surface area contributed by atoms with E-state index in [1.54, 1.807) is 19.1 Å². The molecule has 2 aliphatic heterocycles. The van der Waals surface area contributed by atoms with Gasteiger partial charge in [0.2, 0.25) is 15.9 Å². The van der Waals surface area contributed by atoms with Crippen molar-refractivity contribution in [2.75, 3.05) is 37.9 Å². The number of nitrogens with zero attached hydrogens (tertiary/aromatic N) is 2. The Morgan fingerprint density at radius 3 is 2.74 bits per heavy atom. The largest absolute Gasteiger partial charge is 0.497 e. The molecule has 0 bridgehead atoms. The third-order valence-corrected chi connectivity index (χ3v) is 6.91. The molecule has 0 saturated carbocycles. The molecular weight excluding hydrogens is 316 g/mol. The van der Waals surface area contributed by atoms with Gasteiger partial charge >= 0.3 is 0 Å². The molecule has 2 aliphatic rings. The molecule has 0 aliphatic carbocycles. The Bertz CT molecular complexity index is 746. The fourth-order valence-electron chi connectivity index (χ4n) is 3.66. The topological polar surface area (TPSA) is 66.9 Å². The monoisotopic (exact) mass is 338 g/mol. The third kappa shape index (κ3) is 2.33. The summed E-state index contributed by atoms with van der Waals surface area (Å²) < 4.78 is 31.5. The predicted molar refractivity (Wildman–Crippen MR) is 88.3 cm³/mol. The maximum Gasteiger partial charge on any atom is 0.238 e. The van der Waals surface area contributed by atoms with E-state index in [0.29, 0.717) is 25.1 Å². The van der Waals surface area contributed by atoms with Gasteiger partial charge < -0.3 is 9.64 Å². The summed E-state index contributed by atoms with van der Waals surface area (Å²) in [6.07, 6.45) is 1.09. The second kappa shape index (κ2) is 5.49. The van der Waals surface area contributed by atoms with Crippen LogP contribution in [0, 0.1) is 0 Å². The number of anilines is 1. The summed E-state index contributed by atoms with van der Waals surface area (Å²) in [5, 5.41) is 0. The van der Waals surface area contributed by atoms with Crippen molar-refractivity contribution in [3.8, 4) is 5.75 Å².